The van der Waals surface area contributed by atoms with Crippen LogP contribution in [0.25, 0.3) is 0 Å². The number of carboxylic acids is 1. The Morgan fingerprint density at radius 1 is 1.53 bits per heavy atom. The molecule has 17 heavy (non-hydrogen) atoms. The first-order valence-electron chi connectivity index (χ1n) is 5.37. The number of phenolic OH excluding ortho intramolecular Hbond substituents is 1. The maximum absolute atomic E-state index is 11.0. The van der Waals surface area contributed by atoms with Crippen LogP contribution in [-0.2, 0) is 10.2 Å². The molecule has 0 spiro atoms. The second kappa shape index (κ2) is 3.92. The summed E-state index contributed by atoms with van der Waals surface area (Å²) >= 11 is 0. The molecule has 0 saturated heterocycles. The maximum Gasteiger partial charge on any atom is 0.321 e. The number of aromatic hydroxyl groups is 1. The van der Waals surface area contributed by atoms with Crippen molar-refractivity contribution in [3.05, 3.63) is 23.8 Å². The van der Waals surface area contributed by atoms with Crippen molar-refractivity contribution < 1.29 is 19.7 Å². The third-order valence-electron chi connectivity index (χ3n) is 3.39. The van der Waals surface area contributed by atoms with Crippen molar-refractivity contribution >= 4 is 5.97 Å². The Labute approximate surface area is 98.8 Å². The lowest BCUT2D eigenvalue weighted by Crippen LogP contribution is -2.42. The molecule has 1 unspecified atom stereocenters. The highest BCUT2D eigenvalue weighted by atomic mass is 16.5. The van der Waals surface area contributed by atoms with E-state index in [1.165, 1.54) is 13.2 Å². The van der Waals surface area contributed by atoms with E-state index >= 15 is 0 Å². The van der Waals surface area contributed by atoms with Gasteiger partial charge in [-0.2, -0.15) is 0 Å². The molecule has 0 bridgehead atoms. The van der Waals surface area contributed by atoms with E-state index in [2.05, 4.69) is 0 Å². The average molecular weight is 237 g/mol. The number of hydrogen-bond acceptors (Lipinski definition) is 4. The second-order valence-electron chi connectivity index (χ2n) is 4.36. The predicted molar refractivity (Wildman–Crippen MR) is 61.2 cm³/mol. The fraction of sp³-hybridized carbons (Fsp3) is 0.417. The van der Waals surface area contributed by atoms with Gasteiger partial charge >= 0.3 is 5.97 Å². The topological polar surface area (TPSA) is 92.8 Å². The molecule has 1 atom stereocenters. The number of hydrogen-bond donors (Lipinski definition) is 3. The van der Waals surface area contributed by atoms with Gasteiger partial charge in [0.2, 0.25) is 0 Å². The lowest BCUT2D eigenvalue weighted by Gasteiger charge is -2.21. The van der Waals surface area contributed by atoms with E-state index in [1.807, 2.05) is 0 Å². The van der Waals surface area contributed by atoms with Crippen molar-refractivity contribution in [3.63, 3.8) is 0 Å². The molecule has 5 nitrogen and oxygen atoms in total. The molecule has 1 aromatic rings. The fourth-order valence-corrected chi connectivity index (χ4v) is 2.16. The lowest BCUT2D eigenvalue weighted by atomic mass is 9.87. The number of carbonyl (C=O) groups is 1. The number of methoxy groups -OCH3 is 1. The first-order valence-corrected chi connectivity index (χ1v) is 5.37. The molecular weight excluding hydrogens is 222 g/mol. The van der Waals surface area contributed by atoms with Gasteiger partial charge in [0.1, 0.15) is 17.5 Å². The molecule has 1 saturated carbocycles. The molecule has 0 radical (unpaired) electrons. The van der Waals surface area contributed by atoms with Crippen LogP contribution < -0.4 is 10.5 Å². The van der Waals surface area contributed by atoms with E-state index in [-0.39, 0.29) is 5.75 Å². The molecule has 5 heteroatoms. The van der Waals surface area contributed by atoms with Crippen molar-refractivity contribution in [2.24, 2.45) is 5.73 Å². The van der Waals surface area contributed by atoms with Gasteiger partial charge < -0.3 is 20.7 Å². The van der Waals surface area contributed by atoms with Crippen LogP contribution in [0.1, 0.15) is 18.4 Å². The summed E-state index contributed by atoms with van der Waals surface area (Å²) in [4.78, 5) is 11.0. The van der Waals surface area contributed by atoms with Gasteiger partial charge in [-0.25, -0.2) is 0 Å². The van der Waals surface area contributed by atoms with Gasteiger partial charge in [-0.3, -0.25) is 4.79 Å². The highest BCUT2D eigenvalue weighted by molar-refractivity contribution is 5.77. The number of ether oxygens (including phenoxy) is 1. The van der Waals surface area contributed by atoms with Gasteiger partial charge in [-0.15, -0.1) is 0 Å². The Balaban J connectivity index is 2.43. The van der Waals surface area contributed by atoms with E-state index in [4.69, 9.17) is 15.6 Å². The SMILES string of the molecule is COc1ccc(O)c(C2(C(N)C(=O)O)CC2)c1. The monoisotopic (exact) mass is 237 g/mol. The van der Waals surface area contributed by atoms with Crippen LogP contribution in [-0.4, -0.2) is 29.3 Å². The lowest BCUT2D eigenvalue weighted by molar-refractivity contribution is -0.139. The summed E-state index contributed by atoms with van der Waals surface area (Å²) in [5, 5.41) is 18.8. The number of aliphatic carboxylic acids is 1. The van der Waals surface area contributed by atoms with Crippen LogP contribution in [0.15, 0.2) is 18.2 Å². The maximum atomic E-state index is 11.0. The quantitative estimate of drug-likeness (QED) is 0.721. The number of nitrogens with two attached hydrogens (primary N) is 1. The molecule has 0 aliphatic heterocycles. The van der Waals surface area contributed by atoms with Crippen LogP contribution in [0.5, 0.6) is 11.5 Å². The molecule has 92 valence electrons. The van der Waals surface area contributed by atoms with Crippen LogP contribution >= 0.6 is 0 Å². The number of benzene rings is 1. The van der Waals surface area contributed by atoms with Crippen molar-refractivity contribution in [3.8, 4) is 11.5 Å². The minimum absolute atomic E-state index is 0.0694. The zero-order valence-electron chi connectivity index (χ0n) is 9.51. The standard InChI is InChI=1S/C12H15NO4/c1-17-7-2-3-9(14)8(6-7)12(4-5-12)10(13)11(15)16/h2-3,6,10,14H,4-5,13H2,1H3,(H,15,16). The first kappa shape index (κ1) is 11.7. The van der Waals surface area contributed by atoms with E-state index in [0.29, 0.717) is 24.2 Å². The largest absolute Gasteiger partial charge is 0.508 e. The Bertz CT molecular complexity index is 454. The van der Waals surface area contributed by atoms with Crippen LogP contribution in [0.4, 0.5) is 0 Å². The fourth-order valence-electron chi connectivity index (χ4n) is 2.16. The molecule has 2 rings (SSSR count). The molecule has 0 amide bonds. The van der Waals surface area contributed by atoms with Gasteiger partial charge in [0.25, 0.3) is 0 Å². The summed E-state index contributed by atoms with van der Waals surface area (Å²) in [6.45, 7) is 0. The molecule has 1 fully saturated rings. The Hall–Kier alpha value is -1.75. The Kier molecular flexibility index (Phi) is 2.71. The molecule has 1 aromatic carbocycles. The number of rotatable bonds is 4. The summed E-state index contributed by atoms with van der Waals surface area (Å²) < 4.78 is 5.07. The first-order chi connectivity index (χ1) is 8.01. The summed E-state index contributed by atoms with van der Waals surface area (Å²) in [5.41, 5.74) is 5.61. The van der Waals surface area contributed by atoms with E-state index in [9.17, 15) is 9.90 Å². The van der Waals surface area contributed by atoms with Gasteiger partial charge in [0, 0.05) is 11.0 Å². The normalized spacial score (nSPS) is 18.5. The molecule has 1 aliphatic carbocycles. The van der Waals surface area contributed by atoms with E-state index in [0.717, 1.165) is 0 Å². The zero-order chi connectivity index (χ0) is 12.6. The minimum atomic E-state index is -1.05. The van der Waals surface area contributed by atoms with Gasteiger partial charge in [0.05, 0.1) is 7.11 Å². The molecule has 0 aromatic heterocycles. The van der Waals surface area contributed by atoms with Crippen molar-refractivity contribution in [1.29, 1.82) is 0 Å². The second-order valence-corrected chi connectivity index (χ2v) is 4.36. The summed E-state index contributed by atoms with van der Waals surface area (Å²) in [6.07, 6.45) is 1.34. The van der Waals surface area contributed by atoms with Crippen LogP contribution in [0.3, 0.4) is 0 Å². The number of phenols is 1. The van der Waals surface area contributed by atoms with Crippen molar-refractivity contribution in [2.75, 3.05) is 7.11 Å². The highest BCUT2D eigenvalue weighted by Gasteiger charge is 2.53. The summed E-state index contributed by atoms with van der Waals surface area (Å²) in [5.74, 6) is -0.397. The molecule has 1 aliphatic rings. The Morgan fingerprint density at radius 2 is 2.18 bits per heavy atom. The number of carboxylic acid groups (broad SMARTS) is 1. The third kappa shape index (κ3) is 1.82. The molecule has 4 N–H and O–H groups in total. The highest BCUT2D eigenvalue weighted by Crippen LogP contribution is 2.53. The van der Waals surface area contributed by atoms with Crippen molar-refractivity contribution in [2.45, 2.75) is 24.3 Å². The van der Waals surface area contributed by atoms with Crippen LogP contribution in [0, 0.1) is 0 Å². The third-order valence-corrected chi connectivity index (χ3v) is 3.39. The predicted octanol–water partition coefficient (Wildman–Crippen LogP) is 0.844. The summed E-state index contributed by atoms with van der Waals surface area (Å²) in [7, 11) is 1.52. The van der Waals surface area contributed by atoms with E-state index in [1.54, 1.807) is 12.1 Å². The smallest absolute Gasteiger partial charge is 0.321 e. The van der Waals surface area contributed by atoms with Gasteiger partial charge in [-0.1, -0.05) is 0 Å². The molecular formula is C12H15NO4. The zero-order valence-corrected chi connectivity index (χ0v) is 9.51. The Morgan fingerprint density at radius 3 is 2.65 bits per heavy atom. The molecule has 0 heterocycles. The van der Waals surface area contributed by atoms with Crippen LogP contribution in [0.2, 0.25) is 0 Å². The van der Waals surface area contributed by atoms with Crippen molar-refractivity contribution in [1.82, 2.24) is 0 Å². The average Bonchev–Trinajstić information content (AvgIpc) is 3.10. The summed E-state index contributed by atoms with van der Waals surface area (Å²) in [6, 6.07) is 3.79. The van der Waals surface area contributed by atoms with Gasteiger partial charge in [0.15, 0.2) is 0 Å². The van der Waals surface area contributed by atoms with E-state index < -0.39 is 17.4 Å². The minimum Gasteiger partial charge on any atom is -0.508 e. The van der Waals surface area contributed by atoms with Gasteiger partial charge in [-0.05, 0) is 31.0 Å².